The first-order chi connectivity index (χ1) is 70.3. The normalized spacial score (nSPS) is 18.6. The summed E-state index contributed by atoms with van der Waals surface area (Å²) in [5, 5.41) is 78.7. The van der Waals surface area contributed by atoms with Crippen LogP contribution in [-0.2, 0) is 110 Å². The summed E-state index contributed by atoms with van der Waals surface area (Å²) in [6, 6.07) is 20.4. The summed E-state index contributed by atoms with van der Waals surface area (Å²) < 4.78 is 147. The van der Waals surface area contributed by atoms with Crippen LogP contribution in [-0.4, -0.2) is 325 Å². The summed E-state index contributed by atoms with van der Waals surface area (Å²) in [4.78, 5) is 162. The third-order valence-electron chi connectivity index (χ3n) is 27.4. The van der Waals surface area contributed by atoms with Gasteiger partial charge < -0.3 is 77.5 Å². The molecule has 3 heterocycles. The number of rotatable bonds is 53. The SMILES string of the molecule is CC1(C)C(/C=C/C2=C(Oc3ccc(S(=O)(=O)O)cc3)C(=C/C=C3/N(CCCCS(=O)(=O)O)c4ccc(S(=O)(=O)O)cc4C3(C)C)/CCC2)=[N+](CCCCCC(=O)NCCCC[C@H](NC(=O)CN2CCN(CC(=O)O)CCN(CC(=O)O)CCN(CC(=O)O)CC2)C(=O)NC[C@H]2CC[C@H](C(=O)N[C@@H](Cc3ccc4ccccc4c3)C(=O)NCCCC[C@H](NC(=O)N[C@@H](CCC(=O)O)C(=O)O)C(=O)O)CC2)c2ccc(S(=O)(=O)O)cc21. The lowest BCUT2D eigenvalue weighted by molar-refractivity contribution is -0.438. The van der Waals surface area contributed by atoms with Crippen molar-refractivity contribution >= 4 is 140 Å². The van der Waals surface area contributed by atoms with E-state index in [-0.39, 0.29) is 170 Å². The Balaban J connectivity index is 0.808. The smallest absolute Gasteiger partial charge is 0.326 e. The highest BCUT2D eigenvalue weighted by atomic mass is 32.2. The minimum absolute atomic E-state index is 0.0268. The van der Waals surface area contributed by atoms with Crippen LogP contribution < -0.4 is 46.9 Å². The van der Waals surface area contributed by atoms with Crippen LogP contribution in [0, 0.1) is 11.8 Å². The molecule has 2 aliphatic carbocycles. The van der Waals surface area contributed by atoms with Crippen LogP contribution in [0.1, 0.15) is 179 Å². The van der Waals surface area contributed by atoms with Crippen molar-refractivity contribution in [2.45, 2.75) is 219 Å². The van der Waals surface area contributed by atoms with Crippen molar-refractivity contribution in [3.05, 3.63) is 167 Å². The number of ether oxygens (including phenoxy) is 1. The third-order valence-corrected chi connectivity index (χ3v) is 30.7. The minimum atomic E-state index is -4.70. The predicted octanol–water partition coefficient (Wildman–Crippen LogP) is 7.12. The van der Waals surface area contributed by atoms with Crippen LogP contribution in [0.15, 0.2) is 165 Å². The molecule has 5 aromatic rings. The van der Waals surface area contributed by atoms with Gasteiger partial charge in [0.1, 0.15) is 42.2 Å². The monoisotopic (exact) mass is 2150 g/mol. The summed E-state index contributed by atoms with van der Waals surface area (Å²) in [7, 11) is -18.3. The van der Waals surface area contributed by atoms with E-state index in [1.165, 1.54) is 48.5 Å². The van der Waals surface area contributed by atoms with Gasteiger partial charge in [-0.3, -0.25) is 81.0 Å². The van der Waals surface area contributed by atoms with E-state index in [1.807, 2.05) is 104 Å². The van der Waals surface area contributed by atoms with Gasteiger partial charge in [0.25, 0.3) is 40.5 Å². The van der Waals surface area contributed by atoms with E-state index in [2.05, 4.69) is 37.2 Å². The largest absolute Gasteiger partial charge is 0.481 e. The number of amides is 7. The van der Waals surface area contributed by atoms with E-state index >= 15 is 0 Å². The molecular weight excluding hydrogens is 2020 g/mol. The summed E-state index contributed by atoms with van der Waals surface area (Å²) in [5.74, 6) is -10.7. The van der Waals surface area contributed by atoms with E-state index in [4.69, 9.17) is 9.84 Å². The molecule has 3 aliphatic heterocycles. The van der Waals surface area contributed by atoms with Gasteiger partial charge in [0, 0.05) is 145 Å². The number of benzene rings is 5. The molecule has 5 aromatic carbocycles. The Hall–Kier alpha value is -12.5. The maximum atomic E-state index is 14.6. The van der Waals surface area contributed by atoms with Gasteiger partial charge >= 0.3 is 41.8 Å². The van der Waals surface area contributed by atoms with Crippen LogP contribution in [0.2, 0.25) is 0 Å². The first kappa shape index (κ1) is 118. The number of hydrogen-bond acceptors (Lipinski definition) is 26. The number of aliphatic carboxylic acids is 6. The highest BCUT2D eigenvalue weighted by Crippen LogP contribution is 2.50. The van der Waals surface area contributed by atoms with Crippen LogP contribution >= 0.6 is 0 Å². The third kappa shape index (κ3) is 36.4. The van der Waals surface area contributed by atoms with Crippen molar-refractivity contribution in [3.63, 3.8) is 0 Å². The number of hydrogen-bond donors (Lipinski definition) is 17. The van der Waals surface area contributed by atoms with Gasteiger partial charge in [-0.2, -0.15) is 38.2 Å². The number of nitrogens with one attached hydrogen (secondary N) is 7. The second-order valence-electron chi connectivity index (χ2n) is 39.2. The van der Waals surface area contributed by atoms with Crippen molar-refractivity contribution in [1.29, 1.82) is 0 Å². The van der Waals surface area contributed by atoms with Crippen molar-refractivity contribution in [2.24, 2.45) is 11.8 Å². The van der Waals surface area contributed by atoms with Gasteiger partial charge in [-0.05, 0) is 235 Å². The van der Waals surface area contributed by atoms with Crippen molar-refractivity contribution in [3.8, 4) is 5.75 Å². The van der Waals surface area contributed by atoms with Crippen molar-refractivity contribution in [2.75, 3.05) is 122 Å². The molecule has 0 bridgehead atoms. The Kier molecular flexibility index (Phi) is 43.1. The molecule has 0 spiro atoms. The lowest BCUT2D eigenvalue weighted by atomic mass is 9.81. The molecule has 2 fully saturated rings. The molecule has 44 nitrogen and oxygen atoms in total. The van der Waals surface area contributed by atoms with E-state index in [0.717, 1.165) is 16.3 Å². The van der Waals surface area contributed by atoms with Gasteiger partial charge in [0.15, 0.2) is 5.71 Å². The topological polar surface area (TPSA) is 656 Å². The molecule has 10 rings (SSSR count). The number of nitrogens with zero attached hydrogens (tertiary/aromatic N) is 6. The summed E-state index contributed by atoms with van der Waals surface area (Å²) in [6.07, 6.45) is 12.4. The predicted molar refractivity (Wildman–Crippen MR) is 547 cm³/mol. The highest BCUT2D eigenvalue weighted by molar-refractivity contribution is 7.86. The van der Waals surface area contributed by atoms with E-state index in [9.17, 15) is 135 Å². The molecule has 1 saturated carbocycles. The van der Waals surface area contributed by atoms with Gasteiger partial charge in [-0.25, -0.2) is 14.4 Å². The molecule has 1 saturated heterocycles. The number of anilines is 1. The summed E-state index contributed by atoms with van der Waals surface area (Å²) in [6.45, 7) is 7.81. The molecule has 48 heteroatoms. The first-order valence-electron chi connectivity index (χ1n) is 49.7. The Morgan fingerprint density at radius 3 is 1.59 bits per heavy atom. The average molecular weight is 2160 g/mol. The zero-order chi connectivity index (χ0) is 109. The van der Waals surface area contributed by atoms with Gasteiger partial charge in [-0.15, -0.1) is 0 Å². The summed E-state index contributed by atoms with van der Waals surface area (Å²) in [5.41, 5.74) is 3.83. The standard InChI is InChI=1S/C101H135N13O31S4/c1-100(2)77-59-75(148(139,140)141)36-39-83(77)113(85(100)41-30-69-19-16-20-70(93(69)145-73-32-34-74(35-33-73)147(136,137)138)31-42-86-101(3,4)78-60-76(149(142,143)144)37-40-84(78)114(86)47-14-15-56-146(133,134)135)46-13-5-6-23-87(115)102-44-11-9-21-79(105-88(116)62-109-48-50-110(63-90(119)120)52-54-112(65-92(123)124)55-53-111(51-49-109)64-91(121)122)95(126)104-61-66-24-28-71(29-25-66)94(125)106-82(58-67-26-27-68-17-7-8-18-72(68)57-67)96(127)103-45-12-10-22-80(97(128)129)107-99(132)108-81(98(130)131)38-43-89(117)118/h7-8,17-18,26-27,30-37,39-42,57,59-60,66,71,79-82H,5-6,9-16,19-25,28-29,38,43-56,58,61-65H2,1-4H3,(H16-,102,103,104,105,106,107,108,115,116,117,118,119,120,121,122,123,124,125,126,127,128,129,130,131,132,133,134,135,136,137,138,139,140,141,142,143,144)/p+1/t66-,71-,79-,80-,81-,82-/m0/s1. The van der Waals surface area contributed by atoms with Crippen LogP contribution in [0.25, 0.3) is 10.8 Å². The van der Waals surface area contributed by atoms with Crippen molar-refractivity contribution < 1.29 is 149 Å². The molecule has 17 N–H and O–H groups in total. The molecule has 4 atom stereocenters. The Morgan fingerprint density at radius 1 is 0.477 bits per heavy atom. The Labute approximate surface area is 865 Å². The fourth-order valence-electron chi connectivity index (χ4n) is 19.2. The lowest BCUT2D eigenvalue weighted by Gasteiger charge is -2.33. The second-order valence-corrected chi connectivity index (χ2v) is 45.0. The first-order valence-corrected chi connectivity index (χ1v) is 55.6. The van der Waals surface area contributed by atoms with Crippen molar-refractivity contribution in [1.82, 2.24) is 56.8 Å². The van der Waals surface area contributed by atoms with Crippen LogP contribution in [0.5, 0.6) is 5.75 Å². The molecule has 814 valence electrons. The zero-order valence-electron chi connectivity index (χ0n) is 83.7. The van der Waals surface area contributed by atoms with E-state index in [1.54, 1.807) is 31.7 Å². The van der Waals surface area contributed by atoms with Crippen LogP contribution in [0.4, 0.5) is 16.2 Å². The second kappa shape index (κ2) is 54.3. The van der Waals surface area contributed by atoms with Gasteiger partial charge in [-0.1, -0.05) is 62.4 Å². The van der Waals surface area contributed by atoms with E-state index < -0.39 is 183 Å². The quantitative estimate of drug-likeness (QED) is 0.0105. The molecular formula is C101H136N13O31S4+. The number of carbonyl (C=O) groups is 12. The summed E-state index contributed by atoms with van der Waals surface area (Å²) >= 11 is 0. The maximum absolute atomic E-state index is 14.6. The fourth-order valence-corrected chi connectivity index (χ4v) is 21.3. The number of allylic oxidation sites excluding steroid dienone is 7. The number of carboxylic acid groups (broad SMARTS) is 6. The molecule has 5 aliphatic rings. The Morgan fingerprint density at radius 2 is 1.02 bits per heavy atom. The Bertz CT molecular complexity index is 6330. The number of fused-ring (bicyclic) bond motifs is 3. The molecule has 7 amide bonds. The number of unbranched alkanes of at least 4 members (excludes halogenated alkanes) is 5. The minimum Gasteiger partial charge on any atom is -0.481 e. The van der Waals surface area contributed by atoms with E-state index in [0.29, 0.717) is 134 Å². The van der Waals surface area contributed by atoms with Gasteiger partial charge in [0.05, 0.1) is 52.0 Å². The fraction of sp³-hybridized carbons (Fsp3) is 0.515. The lowest BCUT2D eigenvalue weighted by Crippen LogP contribution is -2.52. The molecule has 0 radical (unpaired) electrons. The highest BCUT2D eigenvalue weighted by Gasteiger charge is 2.46. The maximum Gasteiger partial charge on any atom is 0.326 e. The van der Waals surface area contributed by atoms with Gasteiger partial charge in [0.2, 0.25) is 35.2 Å². The number of carbonyl (C=O) groups excluding carboxylic acids is 6. The molecule has 0 aromatic heterocycles. The zero-order valence-corrected chi connectivity index (χ0v) is 87.0. The number of urea groups is 1. The number of carboxylic acids is 6. The average Bonchev–Trinajstić information content (AvgIpc) is 1.59. The molecule has 0 unspecified atom stereocenters. The molecule has 149 heavy (non-hydrogen) atoms. The van der Waals surface area contributed by atoms with Crippen LogP contribution in [0.3, 0.4) is 0 Å².